The Bertz CT molecular complexity index is 836. The zero-order valence-corrected chi connectivity index (χ0v) is 18.2. The van der Waals surface area contributed by atoms with E-state index >= 15 is 0 Å². The molecule has 7 heteroatoms. The molecule has 1 amide bonds. The van der Waals surface area contributed by atoms with E-state index < -0.39 is 22.0 Å². The van der Waals surface area contributed by atoms with Gasteiger partial charge < -0.3 is 4.74 Å². The highest BCUT2D eigenvalue weighted by Crippen LogP contribution is 2.60. The molecule has 5 fully saturated rings. The summed E-state index contributed by atoms with van der Waals surface area (Å²) in [6.07, 6.45) is 13.3. The third-order valence-electron chi connectivity index (χ3n) is 7.78. The molecule has 0 aromatic rings. The molecule has 2 unspecified atom stereocenters. The van der Waals surface area contributed by atoms with Gasteiger partial charge in [0, 0.05) is 11.0 Å². The molecule has 4 bridgehead atoms. The largest absolute Gasteiger partial charge is 0.480 e. The van der Waals surface area contributed by atoms with Crippen LogP contribution < -0.4 is 4.72 Å². The van der Waals surface area contributed by atoms with Gasteiger partial charge in [0.25, 0.3) is 5.91 Å². The minimum atomic E-state index is -3.59. The Balaban J connectivity index is 1.30. The van der Waals surface area contributed by atoms with E-state index in [1.807, 2.05) is 13.0 Å². The quantitative estimate of drug-likeness (QED) is 0.741. The van der Waals surface area contributed by atoms with Gasteiger partial charge in [0.2, 0.25) is 10.0 Å². The van der Waals surface area contributed by atoms with Gasteiger partial charge in [-0.25, -0.2) is 18.1 Å². The Morgan fingerprint density at radius 1 is 1.17 bits per heavy atom. The van der Waals surface area contributed by atoms with Crippen molar-refractivity contribution in [2.75, 3.05) is 12.9 Å². The second kappa shape index (κ2) is 6.82. The normalized spacial score (nSPS) is 41.0. The molecule has 2 atom stereocenters. The first kappa shape index (κ1) is 19.6. The van der Waals surface area contributed by atoms with Gasteiger partial charge in [-0.1, -0.05) is 6.08 Å². The molecule has 0 aromatic heterocycles. The maximum absolute atomic E-state index is 12.4. The number of ether oxygens (including phenoxy) is 1. The second-order valence-corrected chi connectivity index (χ2v) is 12.3. The lowest BCUT2D eigenvalue weighted by molar-refractivity contribution is -0.116. The predicted molar refractivity (Wildman–Crippen MR) is 111 cm³/mol. The van der Waals surface area contributed by atoms with E-state index in [1.54, 1.807) is 0 Å². The first-order valence-electron chi connectivity index (χ1n) is 11.1. The summed E-state index contributed by atoms with van der Waals surface area (Å²) >= 11 is 0. The van der Waals surface area contributed by atoms with Crippen molar-refractivity contribution in [3.63, 3.8) is 0 Å². The van der Waals surface area contributed by atoms with Crippen molar-refractivity contribution in [2.24, 2.45) is 40.0 Å². The monoisotopic (exact) mass is 420 g/mol. The molecule has 1 N–H and O–H groups in total. The van der Waals surface area contributed by atoms with Crippen molar-refractivity contribution in [3.8, 4) is 0 Å². The van der Waals surface area contributed by atoms with Crippen molar-refractivity contribution in [3.05, 3.63) is 11.6 Å². The number of dihydropyridines is 1. The SMILES string of the molecule is CC1N=C(OCC23CC4CC(CC(C4)C2)C3)C(C2CC2)C=C1C(=O)NS(C)(=O)=O. The van der Waals surface area contributed by atoms with Gasteiger partial charge in [0.1, 0.15) is 0 Å². The zero-order valence-electron chi connectivity index (χ0n) is 17.4. The van der Waals surface area contributed by atoms with Crippen LogP contribution in [0.25, 0.3) is 0 Å². The summed E-state index contributed by atoms with van der Waals surface area (Å²) in [4.78, 5) is 17.2. The summed E-state index contributed by atoms with van der Waals surface area (Å²) in [7, 11) is -3.59. The van der Waals surface area contributed by atoms with Crippen LogP contribution >= 0.6 is 0 Å². The summed E-state index contributed by atoms with van der Waals surface area (Å²) in [6.45, 7) is 2.59. The summed E-state index contributed by atoms with van der Waals surface area (Å²) in [6, 6.07) is -0.391. The molecule has 5 aliphatic carbocycles. The van der Waals surface area contributed by atoms with Gasteiger partial charge in [-0.15, -0.1) is 0 Å². The van der Waals surface area contributed by atoms with Crippen molar-refractivity contribution in [2.45, 2.75) is 64.3 Å². The minimum Gasteiger partial charge on any atom is -0.480 e. The Morgan fingerprint density at radius 2 is 1.76 bits per heavy atom. The van der Waals surface area contributed by atoms with Crippen molar-refractivity contribution in [1.82, 2.24) is 4.72 Å². The molecule has 1 aliphatic heterocycles. The van der Waals surface area contributed by atoms with E-state index in [1.165, 1.54) is 38.5 Å². The molecule has 6 rings (SSSR count). The topological polar surface area (TPSA) is 84.8 Å². The Kier molecular flexibility index (Phi) is 4.61. The van der Waals surface area contributed by atoms with Crippen molar-refractivity contribution >= 4 is 21.8 Å². The summed E-state index contributed by atoms with van der Waals surface area (Å²) in [5, 5.41) is 0. The highest BCUT2D eigenvalue weighted by atomic mass is 32.2. The number of nitrogens with one attached hydrogen (secondary N) is 1. The fourth-order valence-electron chi connectivity index (χ4n) is 6.86. The number of carbonyl (C=O) groups is 1. The number of aliphatic imine (C=N–C) groups is 1. The molecule has 6 nitrogen and oxygen atoms in total. The number of hydrogen-bond acceptors (Lipinski definition) is 5. The molecule has 0 aromatic carbocycles. The molecule has 29 heavy (non-hydrogen) atoms. The van der Waals surface area contributed by atoms with Crippen LogP contribution in [0.4, 0.5) is 0 Å². The van der Waals surface area contributed by atoms with E-state index in [4.69, 9.17) is 9.73 Å². The second-order valence-electron chi connectivity index (χ2n) is 10.5. The molecule has 0 saturated heterocycles. The van der Waals surface area contributed by atoms with Gasteiger partial charge in [-0.05, 0) is 82.0 Å². The number of rotatable bonds is 5. The van der Waals surface area contributed by atoms with Gasteiger partial charge in [-0.3, -0.25) is 4.79 Å². The molecule has 0 spiro atoms. The van der Waals surface area contributed by atoms with Gasteiger partial charge >= 0.3 is 0 Å². The number of carbonyl (C=O) groups excluding carboxylic acids is 1. The van der Waals surface area contributed by atoms with E-state index in [0.29, 0.717) is 16.9 Å². The molecule has 160 valence electrons. The van der Waals surface area contributed by atoms with Crippen LogP contribution in [0.1, 0.15) is 58.3 Å². The van der Waals surface area contributed by atoms with E-state index in [2.05, 4.69) is 4.72 Å². The van der Waals surface area contributed by atoms with Crippen molar-refractivity contribution < 1.29 is 17.9 Å². The first-order valence-corrected chi connectivity index (χ1v) is 13.0. The van der Waals surface area contributed by atoms with E-state index in [-0.39, 0.29) is 5.92 Å². The summed E-state index contributed by atoms with van der Waals surface area (Å²) in [5.41, 5.74) is 0.765. The fourth-order valence-corrected chi connectivity index (χ4v) is 7.32. The van der Waals surface area contributed by atoms with Gasteiger partial charge in [0.15, 0.2) is 5.90 Å². The zero-order chi connectivity index (χ0) is 20.4. The van der Waals surface area contributed by atoms with Crippen LogP contribution in [0.15, 0.2) is 16.6 Å². The molecular formula is C22H32N2O4S. The molecule has 0 radical (unpaired) electrons. The van der Waals surface area contributed by atoms with E-state index in [0.717, 1.165) is 49.4 Å². The number of hydrogen-bond donors (Lipinski definition) is 1. The number of sulfonamides is 1. The standard InChI is InChI=1S/C22H32N2O4S/c1-13-18(20(25)24-29(2,26)27)8-19(17-3-4-17)21(23-13)28-12-22-9-14-5-15(10-22)7-16(6-14)11-22/h8,13-17,19H,3-7,9-12H2,1-2H3,(H,24,25). The molecule has 5 saturated carbocycles. The predicted octanol–water partition coefficient (Wildman–Crippen LogP) is 3.05. The molecular weight excluding hydrogens is 388 g/mol. The Morgan fingerprint density at radius 3 is 2.28 bits per heavy atom. The summed E-state index contributed by atoms with van der Waals surface area (Å²) < 4.78 is 31.5. The molecule has 6 aliphatic rings. The smallest absolute Gasteiger partial charge is 0.262 e. The van der Waals surface area contributed by atoms with Crippen LogP contribution in [-0.4, -0.2) is 39.1 Å². The number of nitrogens with zero attached hydrogens (tertiary/aromatic N) is 1. The fraction of sp³-hybridized carbons (Fsp3) is 0.818. The molecule has 1 heterocycles. The maximum Gasteiger partial charge on any atom is 0.262 e. The van der Waals surface area contributed by atoms with Gasteiger partial charge in [-0.2, -0.15) is 0 Å². The average Bonchev–Trinajstić information content (AvgIpc) is 3.42. The Labute approximate surface area is 173 Å². The highest BCUT2D eigenvalue weighted by molar-refractivity contribution is 7.89. The van der Waals surface area contributed by atoms with Crippen LogP contribution in [0.3, 0.4) is 0 Å². The lowest BCUT2D eigenvalue weighted by Gasteiger charge is -2.56. The van der Waals surface area contributed by atoms with Crippen LogP contribution in [0, 0.1) is 35.0 Å². The van der Waals surface area contributed by atoms with Crippen LogP contribution in [0.5, 0.6) is 0 Å². The number of amides is 1. The lowest BCUT2D eigenvalue weighted by atomic mass is 9.50. The van der Waals surface area contributed by atoms with E-state index in [9.17, 15) is 13.2 Å². The van der Waals surface area contributed by atoms with Crippen LogP contribution in [-0.2, 0) is 19.6 Å². The van der Waals surface area contributed by atoms with Crippen molar-refractivity contribution in [1.29, 1.82) is 0 Å². The summed E-state index contributed by atoms with van der Waals surface area (Å²) in [5.74, 6) is 3.34. The maximum atomic E-state index is 12.4. The van der Waals surface area contributed by atoms with Gasteiger partial charge in [0.05, 0.1) is 24.8 Å². The first-order chi connectivity index (χ1) is 13.7. The lowest BCUT2D eigenvalue weighted by Crippen LogP contribution is -2.48. The third-order valence-corrected chi connectivity index (χ3v) is 8.33. The average molecular weight is 421 g/mol. The third kappa shape index (κ3) is 3.99. The Hall–Kier alpha value is -1.37. The highest BCUT2D eigenvalue weighted by Gasteiger charge is 2.51. The minimum absolute atomic E-state index is 0.000391. The van der Waals surface area contributed by atoms with Crippen LogP contribution in [0.2, 0.25) is 0 Å².